The number of nitrogens with one attached hydrogen (secondary N) is 1. The second kappa shape index (κ2) is 8.30. The number of fused-ring (bicyclic) bond motifs is 1. The highest BCUT2D eigenvalue weighted by Gasteiger charge is 2.55. The third-order valence-electron chi connectivity index (χ3n) is 3.89. The van der Waals surface area contributed by atoms with Crippen molar-refractivity contribution in [2.75, 3.05) is 13.2 Å². The van der Waals surface area contributed by atoms with Crippen molar-refractivity contribution < 1.29 is 9.05 Å². The van der Waals surface area contributed by atoms with E-state index in [4.69, 9.17) is 54.0 Å². The molecule has 0 saturated carbocycles. The van der Waals surface area contributed by atoms with E-state index in [0.29, 0.717) is 13.2 Å². The van der Waals surface area contributed by atoms with Crippen LogP contribution in [0.15, 0.2) is 9.03 Å². The zero-order chi connectivity index (χ0) is 17.2. The highest BCUT2D eigenvalue weighted by Crippen LogP contribution is 2.87. The Kier molecular flexibility index (Phi) is 7.66. The fraction of sp³-hybridized carbons (Fsp3) is 1.00. The summed E-state index contributed by atoms with van der Waals surface area (Å²) in [6, 6.07) is 0. The van der Waals surface area contributed by atoms with Crippen LogP contribution in [0.25, 0.3) is 0 Å². The maximum Gasteiger partial charge on any atom is 0.491 e. The van der Waals surface area contributed by atoms with E-state index in [2.05, 4.69) is 27.7 Å². The molecule has 0 aliphatic carbocycles. The minimum atomic E-state index is -2.98. The quantitative estimate of drug-likeness (QED) is 0.401. The van der Waals surface area contributed by atoms with E-state index in [-0.39, 0.29) is 5.41 Å². The number of rotatable bonds is 6. The normalized spacial score (nSPS) is 35.6. The topological polar surface area (TPSA) is 55.2 Å². The molecule has 0 aromatic heterocycles. The van der Waals surface area contributed by atoms with Gasteiger partial charge < -0.3 is 4.52 Å². The summed E-state index contributed by atoms with van der Waals surface area (Å²) in [5.74, 6) is -2.87. The lowest BCUT2D eigenvalue weighted by Gasteiger charge is -2.37. The van der Waals surface area contributed by atoms with Crippen LogP contribution in [0.1, 0.15) is 52.4 Å². The smallest absolute Gasteiger partial charge is 0.318 e. The first-order valence-corrected chi connectivity index (χ1v) is 16.3. The molecule has 0 radical (unpaired) electrons. The van der Waals surface area contributed by atoms with Crippen LogP contribution in [0.4, 0.5) is 0 Å². The molecule has 0 spiro atoms. The molecule has 2 aliphatic rings. The van der Waals surface area contributed by atoms with Gasteiger partial charge in [0.05, 0.1) is 6.61 Å². The zero-order valence-corrected chi connectivity index (χ0v) is 18.9. The molecule has 2 rings (SSSR count). The molecule has 2 aliphatic heterocycles. The molecule has 0 aromatic rings. The average molecular weight is 464 g/mol. The van der Waals surface area contributed by atoms with Crippen molar-refractivity contribution in [3.63, 3.8) is 0 Å². The summed E-state index contributed by atoms with van der Waals surface area (Å²) in [4.78, 5) is 2.87. The van der Waals surface area contributed by atoms with E-state index < -0.39 is 19.8 Å². The molecule has 2 heterocycles. The van der Waals surface area contributed by atoms with Crippen molar-refractivity contribution in [1.82, 2.24) is 4.86 Å². The molecular weight excluding hydrogens is 441 g/mol. The van der Waals surface area contributed by atoms with Crippen LogP contribution in [-0.2, 0) is 9.05 Å². The van der Waals surface area contributed by atoms with Gasteiger partial charge in [-0.15, -0.1) is 0 Å². The summed E-state index contributed by atoms with van der Waals surface area (Å²) in [5.41, 5.74) is -0.115. The summed E-state index contributed by atoms with van der Waals surface area (Å²) in [7, 11) is -2.98. The summed E-state index contributed by atoms with van der Waals surface area (Å²) in [6.07, 6.45) is 6.42. The average Bonchev–Trinajstić information content (AvgIpc) is 2.42. The highest BCUT2D eigenvalue weighted by atomic mass is 35.9. The predicted molar refractivity (Wildman–Crippen MR) is 106 cm³/mol. The van der Waals surface area contributed by atoms with Crippen LogP contribution in [0.5, 0.6) is 0 Å². The van der Waals surface area contributed by atoms with Crippen LogP contribution in [-0.4, -0.2) is 13.2 Å². The molecule has 1 unspecified atom stereocenters. The lowest BCUT2D eigenvalue weighted by Crippen LogP contribution is -2.33. The molecular formula is C11H23Cl4N3O2P3+. The van der Waals surface area contributed by atoms with Gasteiger partial charge in [0.2, 0.25) is 0 Å². The Morgan fingerprint density at radius 2 is 1.70 bits per heavy atom. The first kappa shape index (κ1) is 21.2. The first-order chi connectivity index (χ1) is 10.7. The maximum absolute atomic E-state index is 6.53. The van der Waals surface area contributed by atoms with Crippen LogP contribution in [0.3, 0.4) is 0 Å². The molecule has 136 valence electrons. The number of unbranched alkanes of at least 4 members (excludes halogenated alkanes) is 2. The minimum absolute atomic E-state index is 0.115. The van der Waals surface area contributed by atoms with Crippen LogP contribution in [0.2, 0.25) is 0 Å². The van der Waals surface area contributed by atoms with Crippen LogP contribution < -0.4 is 4.86 Å². The van der Waals surface area contributed by atoms with Gasteiger partial charge >= 0.3 is 7.14 Å². The number of hydrogen-bond acceptors (Lipinski definition) is 5. The van der Waals surface area contributed by atoms with Gasteiger partial charge in [-0.3, -0.25) is 0 Å². The summed E-state index contributed by atoms with van der Waals surface area (Å²) in [6.45, 7) is 2.37. The van der Waals surface area contributed by atoms with E-state index in [1.54, 1.807) is 0 Å². The fourth-order valence-corrected chi connectivity index (χ4v) is 18.3. The molecule has 2 bridgehead atoms. The Morgan fingerprint density at radius 1 is 1.09 bits per heavy atom. The standard InChI is InChI=1S/C11H23Cl4N3O2P3/c1-3-5-7-11(8-6-4-2)9-19-22(14)16-21(12,13)17-23(15,18-22)20-10-11/h16H,3-10H2,1-2H3/q+1/t22-,23?/m0/s1. The molecule has 0 aromatic carbocycles. The molecule has 2 atom stereocenters. The van der Waals surface area contributed by atoms with E-state index in [0.717, 1.165) is 38.5 Å². The summed E-state index contributed by atoms with van der Waals surface area (Å²) in [5, 5.41) is 0. The van der Waals surface area contributed by atoms with E-state index in [1.807, 2.05) is 0 Å². The third-order valence-corrected chi connectivity index (χ3v) is 16.0. The molecule has 1 N–H and O–H groups in total. The molecule has 0 saturated heterocycles. The molecule has 23 heavy (non-hydrogen) atoms. The lowest BCUT2D eigenvalue weighted by molar-refractivity contribution is 0.0644. The van der Waals surface area contributed by atoms with E-state index in [1.165, 1.54) is 0 Å². The number of halogens is 4. The predicted octanol–water partition coefficient (Wildman–Crippen LogP) is 8.53. The van der Waals surface area contributed by atoms with Crippen molar-refractivity contribution in [2.24, 2.45) is 14.4 Å². The molecule has 12 heteroatoms. The van der Waals surface area contributed by atoms with Gasteiger partial charge in [-0.25, -0.2) is 0 Å². The summed E-state index contributed by atoms with van der Waals surface area (Å²) >= 11 is 25.4. The van der Waals surface area contributed by atoms with Gasteiger partial charge in [-0.2, -0.15) is 9.38 Å². The van der Waals surface area contributed by atoms with Gasteiger partial charge in [0.25, 0.3) is 12.7 Å². The first-order valence-electron chi connectivity index (χ1n) is 7.69. The molecule has 0 amide bonds. The van der Waals surface area contributed by atoms with Gasteiger partial charge in [-0.05, 0) is 55.6 Å². The monoisotopic (exact) mass is 462 g/mol. The Labute approximate surface area is 158 Å². The van der Waals surface area contributed by atoms with Crippen molar-refractivity contribution in [2.45, 2.75) is 52.4 Å². The Morgan fingerprint density at radius 3 is 2.26 bits per heavy atom. The SMILES string of the molecule is CCCCC1(CCCC)CO[P@]2(Cl)=N[P+](Cl)(N=P(Cl)(Cl)N2)OC1. The van der Waals surface area contributed by atoms with Crippen LogP contribution in [0, 0.1) is 5.41 Å². The van der Waals surface area contributed by atoms with Gasteiger partial charge in [0.15, 0.2) is 11.2 Å². The summed E-state index contributed by atoms with van der Waals surface area (Å²) < 4.78 is 20.5. The van der Waals surface area contributed by atoms with Crippen molar-refractivity contribution in [3.05, 3.63) is 0 Å². The molecule has 5 nitrogen and oxygen atoms in total. The van der Waals surface area contributed by atoms with Crippen molar-refractivity contribution in [1.29, 1.82) is 0 Å². The third kappa shape index (κ3) is 5.96. The zero-order valence-electron chi connectivity index (χ0n) is 13.2. The number of nitrogens with zero attached hydrogens (tertiary/aromatic N) is 2. The fourth-order valence-electron chi connectivity index (χ4n) is 2.59. The second-order valence-electron chi connectivity index (χ2n) is 5.99. The van der Waals surface area contributed by atoms with Crippen molar-refractivity contribution in [3.8, 4) is 0 Å². The Hall–Kier alpha value is 1.93. The maximum atomic E-state index is 6.53. The van der Waals surface area contributed by atoms with Gasteiger partial charge in [0.1, 0.15) is 6.61 Å². The van der Waals surface area contributed by atoms with Crippen molar-refractivity contribution >= 4 is 64.8 Å². The number of hydrogen-bond donors (Lipinski definition) is 1. The van der Waals surface area contributed by atoms with Gasteiger partial charge in [0, 0.05) is 5.41 Å². The highest BCUT2D eigenvalue weighted by molar-refractivity contribution is 8.19. The minimum Gasteiger partial charge on any atom is -0.318 e. The largest absolute Gasteiger partial charge is 0.491 e. The van der Waals surface area contributed by atoms with E-state index in [9.17, 15) is 0 Å². The van der Waals surface area contributed by atoms with Crippen LogP contribution >= 0.6 is 64.8 Å². The Balaban J connectivity index is 2.30. The lowest BCUT2D eigenvalue weighted by atomic mass is 9.80. The second-order valence-corrected chi connectivity index (χ2v) is 17.8. The molecule has 0 fully saturated rings. The van der Waals surface area contributed by atoms with Gasteiger partial charge in [-0.1, -0.05) is 39.5 Å². The Bertz CT molecular complexity index is 537. The van der Waals surface area contributed by atoms with E-state index >= 15 is 0 Å².